The lowest BCUT2D eigenvalue weighted by Crippen LogP contribution is -2.30. The Bertz CT molecular complexity index is 903. The Balaban J connectivity index is 1.74. The van der Waals surface area contributed by atoms with E-state index in [2.05, 4.69) is 31.1 Å². The van der Waals surface area contributed by atoms with Crippen LogP contribution in [0.4, 0.5) is 23.0 Å². The molecule has 3 rings (SSSR count). The number of aromatic nitrogens is 3. The largest absolute Gasteiger partial charge is 0.495 e. The van der Waals surface area contributed by atoms with Crippen LogP contribution in [0.2, 0.25) is 0 Å². The molecule has 9 nitrogen and oxygen atoms in total. The number of anilines is 4. The molecule has 1 aromatic carbocycles. The van der Waals surface area contributed by atoms with Gasteiger partial charge in [0.25, 0.3) is 5.91 Å². The number of nitrogen functional groups attached to an aromatic ring is 1. The van der Waals surface area contributed by atoms with Crippen molar-refractivity contribution >= 4 is 28.9 Å². The smallest absolute Gasteiger partial charge is 0.269 e. The Morgan fingerprint density at radius 3 is 2.58 bits per heavy atom. The molecule has 0 saturated heterocycles. The number of hydrazine groups is 1. The summed E-state index contributed by atoms with van der Waals surface area (Å²) in [4.78, 5) is 24.1. The van der Waals surface area contributed by atoms with Gasteiger partial charge < -0.3 is 15.8 Å². The maximum Gasteiger partial charge on any atom is 0.269 e. The number of nitrogens with two attached hydrogens (primary N) is 1. The molecule has 0 bridgehead atoms. The van der Waals surface area contributed by atoms with E-state index in [-0.39, 0.29) is 17.4 Å². The number of hydrogen-bond acceptors (Lipinski definition) is 8. The van der Waals surface area contributed by atoms with Crippen molar-refractivity contribution in [1.82, 2.24) is 20.4 Å². The number of carbonyl (C=O) groups is 1. The minimum absolute atomic E-state index is 0.244. The van der Waals surface area contributed by atoms with Crippen LogP contribution in [0.5, 0.6) is 5.75 Å². The van der Waals surface area contributed by atoms with Crippen LogP contribution in [0, 0.1) is 0 Å². The zero-order chi connectivity index (χ0) is 18.4. The predicted molar refractivity (Wildman–Crippen MR) is 98.0 cm³/mol. The van der Waals surface area contributed by atoms with E-state index >= 15 is 0 Å². The summed E-state index contributed by atoms with van der Waals surface area (Å²) in [5.74, 6) is 0.945. The summed E-state index contributed by atoms with van der Waals surface area (Å²) >= 11 is 0. The lowest BCUT2D eigenvalue weighted by Gasteiger charge is -2.14. The van der Waals surface area contributed by atoms with Crippen molar-refractivity contribution in [3.63, 3.8) is 0 Å². The standard InChI is InChI=1S/C17H17N7O2/c1-26-13-5-3-2-4-12(13)22-15-14(18)16(21-10-20-15)23-24-17(25)11-6-8-19-9-7-11/h2-10H,18H2,1H3,(H,24,25)(H2,20,21,22,23). The number of nitrogens with one attached hydrogen (secondary N) is 3. The van der Waals surface area contributed by atoms with Crippen molar-refractivity contribution in [2.45, 2.75) is 0 Å². The number of ether oxygens (including phenoxy) is 1. The van der Waals surface area contributed by atoms with Gasteiger partial charge in [0, 0.05) is 18.0 Å². The summed E-state index contributed by atoms with van der Waals surface area (Å²) in [5.41, 5.74) is 12.7. The van der Waals surface area contributed by atoms with Gasteiger partial charge in [-0.25, -0.2) is 9.97 Å². The summed E-state index contributed by atoms with van der Waals surface area (Å²) in [5, 5.41) is 3.09. The third kappa shape index (κ3) is 3.78. The van der Waals surface area contributed by atoms with Gasteiger partial charge in [0.05, 0.1) is 12.8 Å². The fraction of sp³-hybridized carbons (Fsp3) is 0.0588. The summed E-state index contributed by atoms with van der Waals surface area (Å²) in [6.45, 7) is 0. The maximum absolute atomic E-state index is 12.1. The first-order valence-corrected chi connectivity index (χ1v) is 7.66. The summed E-state index contributed by atoms with van der Waals surface area (Å²) in [7, 11) is 1.57. The Hall–Kier alpha value is -3.88. The van der Waals surface area contributed by atoms with Gasteiger partial charge in [0.1, 0.15) is 17.8 Å². The molecule has 9 heteroatoms. The van der Waals surface area contributed by atoms with E-state index in [1.807, 2.05) is 24.3 Å². The van der Waals surface area contributed by atoms with Crippen molar-refractivity contribution in [3.8, 4) is 5.75 Å². The van der Waals surface area contributed by atoms with Crippen molar-refractivity contribution in [2.24, 2.45) is 0 Å². The van der Waals surface area contributed by atoms with Gasteiger partial charge in [-0.3, -0.25) is 20.6 Å². The lowest BCUT2D eigenvalue weighted by molar-refractivity contribution is 0.0962. The summed E-state index contributed by atoms with van der Waals surface area (Å²) in [6, 6.07) is 10.5. The molecular weight excluding hydrogens is 334 g/mol. The van der Waals surface area contributed by atoms with Crippen LogP contribution in [0.1, 0.15) is 10.4 Å². The van der Waals surface area contributed by atoms with Crippen molar-refractivity contribution in [3.05, 3.63) is 60.7 Å². The fourth-order valence-electron chi connectivity index (χ4n) is 2.16. The second-order valence-electron chi connectivity index (χ2n) is 5.12. The van der Waals surface area contributed by atoms with Gasteiger partial charge >= 0.3 is 0 Å². The summed E-state index contributed by atoms with van der Waals surface area (Å²) < 4.78 is 5.29. The highest BCUT2D eigenvalue weighted by atomic mass is 16.5. The molecule has 0 atom stereocenters. The van der Waals surface area contributed by atoms with Gasteiger partial charge in [0.15, 0.2) is 11.6 Å². The average Bonchev–Trinajstić information content (AvgIpc) is 2.69. The van der Waals surface area contributed by atoms with E-state index in [1.165, 1.54) is 18.7 Å². The Kier molecular flexibility index (Phi) is 5.08. The lowest BCUT2D eigenvalue weighted by atomic mass is 10.2. The third-order valence-electron chi connectivity index (χ3n) is 3.48. The molecule has 1 amide bonds. The number of methoxy groups -OCH3 is 1. The highest BCUT2D eigenvalue weighted by Gasteiger charge is 2.12. The van der Waals surface area contributed by atoms with E-state index in [1.54, 1.807) is 19.2 Å². The average molecular weight is 351 g/mol. The molecule has 0 aliphatic rings. The number of rotatable bonds is 6. The number of benzene rings is 1. The van der Waals surface area contributed by atoms with E-state index in [9.17, 15) is 4.79 Å². The number of carbonyl (C=O) groups excluding carboxylic acids is 1. The molecule has 0 saturated carbocycles. The molecule has 2 heterocycles. The molecule has 5 N–H and O–H groups in total. The fourth-order valence-corrected chi connectivity index (χ4v) is 2.16. The van der Waals surface area contributed by atoms with Crippen LogP contribution in [0.3, 0.4) is 0 Å². The Labute approximate surface area is 149 Å². The Morgan fingerprint density at radius 1 is 1.08 bits per heavy atom. The predicted octanol–water partition coefficient (Wildman–Crippen LogP) is 1.96. The first-order chi connectivity index (χ1) is 12.7. The first-order valence-electron chi connectivity index (χ1n) is 7.66. The highest BCUT2D eigenvalue weighted by molar-refractivity contribution is 5.95. The zero-order valence-corrected chi connectivity index (χ0v) is 13.9. The Morgan fingerprint density at radius 2 is 1.81 bits per heavy atom. The number of nitrogens with zero attached hydrogens (tertiary/aromatic N) is 3. The third-order valence-corrected chi connectivity index (χ3v) is 3.48. The minimum atomic E-state index is -0.343. The number of hydrogen-bond donors (Lipinski definition) is 4. The zero-order valence-electron chi connectivity index (χ0n) is 13.9. The molecule has 132 valence electrons. The van der Waals surface area contributed by atoms with Crippen LogP contribution in [0.15, 0.2) is 55.1 Å². The maximum atomic E-state index is 12.1. The van der Waals surface area contributed by atoms with E-state index in [0.717, 1.165) is 0 Å². The molecule has 0 fully saturated rings. The van der Waals surface area contributed by atoms with Crippen LogP contribution in [-0.4, -0.2) is 28.0 Å². The summed E-state index contributed by atoms with van der Waals surface area (Å²) in [6.07, 6.45) is 4.39. The highest BCUT2D eigenvalue weighted by Crippen LogP contribution is 2.30. The first kappa shape index (κ1) is 17.0. The monoisotopic (exact) mass is 351 g/mol. The van der Waals surface area contributed by atoms with Gasteiger partial charge in [-0.2, -0.15) is 0 Å². The molecule has 2 aromatic heterocycles. The van der Waals surface area contributed by atoms with E-state index < -0.39 is 0 Å². The molecule has 0 unspecified atom stereocenters. The second kappa shape index (κ2) is 7.79. The quantitative estimate of drug-likeness (QED) is 0.496. The van der Waals surface area contributed by atoms with Gasteiger partial charge in [0.2, 0.25) is 0 Å². The molecule has 0 radical (unpaired) electrons. The molecule has 0 aliphatic heterocycles. The van der Waals surface area contributed by atoms with Crippen LogP contribution < -0.4 is 26.6 Å². The second-order valence-corrected chi connectivity index (χ2v) is 5.12. The van der Waals surface area contributed by atoms with Crippen LogP contribution in [0.25, 0.3) is 0 Å². The van der Waals surface area contributed by atoms with Crippen LogP contribution in [-0.2, 0) is 0 Å². The van der Waals surface area contributed by atoms with E-state index in [0.29, 0.717) is 22.8 Å². The molecule has 3 aromatic rings. The van der Waals surface area contributed by atoms with Gasteiger partial charge in [-0.1, -0.05) is 12.1 Å². The van der Waals surface area contributed by atoms with Gasteiger partial charge in [-0.15, -0.1) is 0 Å². The van der Waals surface area contributed by atoms with Crippen LogP contribution >= 0.6 is 0 Å². The number of amides is 1. The van der Waals surface area contributed by atoms with Crippen molar-refractivity contribution < 1.29 is 9.53 Å². The number of pyridine rings is 1. The topological polar surface area (TPSA) is 127 Å². The molecule has 0 aliphatic carbocycles. The van der Waals surface area contributed by atoms with E-state index in [4.69, 9.17) is 10.5 Å². The molecule has 26 heavy (non-hydrogen) atoms. The van der Waals surface area contributed by atoms with Crippen molar-refractivity contribution in [2.75, 3.05) is 23.6 Å². The number of para-hydroxylation sites is 2. The molecule has 0 spiro atoms. The minimum Gasteiger partial charge on any atom is -0.495 e. The van der Waals surface area contributed by atoms with Gasteiger partial charge in [-0.05, 0) is 24.3 Å². The SMILES string of the molecule is COc1ccccc1Nc1ncnc(NNC(=O)c2ccncc2)c1N. The normalized spacial score (nSPS) is 10.0. The molecular formula is C17H17N7O2. The van der Waals surface area contributed by atoms with Crippen molar-refractivity contribution in [1.29, 1.82) is 0 Å².